The topological polar surface area (TPSA) is 51.2 Å². The Morgan fingerprint density at radius 1 is 1.17 bits per heavy atom. The van der Waals surface area contributed by atoms with Gasteiger partial charge < -0.3 is 10.1 Å². The Hall–Kier alpha value is -3.39. The van der Waals surface area contributed by atoms with E-state index in [9.17, 15) is 9.18 Å². The molecule has 148 valence electrons. The van der Waals surface area contributed by atoms with Crippen LogP contribution in [-0.2, 0) is 6.54 Å². The Bertz CT molecular complexity index is 1050. The third-order valence-electron chi connectivity index (χ3n) is 4.35. The lowest BCUT2D eigenvalue weighted by atomic mass is 10.1. The highest BCUT2D eigenvalue weighted by Gasteiger charge is 2.12. The van der Waals surface area contributed by atoms with Crippen LogP contribution in [0.2, 0.25) is 0 Å². The van der Waals surface area contributed by atoms with Crippen molar-refractivity contribution in [1.29, 1.82) is 0 Å². The zero-order chi connectivity index (χ0) is 20.5. The maximum atomic E-state index is 14.7. The number of fused-ring (bicyclic) bond motifs is 1. The number of rotatable bonds is 7. The number of hydrogen-bond donors (Lipinski definition) is 1. The van der Waals surface area contributed by atoms with Crippen LogP contribution >= 0.6 is 0 Å². The highest BCUT2D eigenvalue weighted by Crippen LogP contribution is 2.21. The second-order valence-corrected chi connectivity index (χ2v) is 6.48. The fourth-order valence-corrected chi connectivity index (χ4v) is 2.85. The SMILES string of the molecule is CCC#CCCCOc1cccc(CNC(=O)c2ccc3ncccc3c2)c1F. The Morgan fingerprint density at radius 3 is 2.93 bits per heavy atom. The van der Waals surface area contributed by atoms with Gasteiger partial charge in [0.2, 0.25) is 0 Å². The molecular weight excluding hydrogens is 367 g/mol. The van der Waals surface area contributed by atoms with Crippen molar-refractivity contribution < 1.29 is 13.9 Å². The van der Waals surface area contributed by atoms with Gasteiger partial charge in [0.1, 0.15) is 0 Å². The first-order chi connectivity index (χ1) is 14.2. The van der Waals surface area contributed by atoms with Gasteiger partial charge in [-0.1, -0.05) is 25.1 Å². The summed E-state index contributed by atoms with van der Waals surface area (Å²) in [4.78, 5) is 16.7. The molecule has 1 N–H and O–H groups in total. The van der Waals surface area contributed by atoms with E-state index in [4.69, 9.17) is 4.74 Å². The van der Waals surface area contributed by atoms with Gasteiger partial charge in [-0.15, -0.1) is 11.8 Å². The van der Waals surface area contributed by atoms with E-state index in [-0.39, 0.29) is 18.2 Å². The number of ether oxygens (including phenoxy) is 1. The number of nitrogens with zero attached hydrogens (tertiary/aromatic N) is 1. The van der Waals surface area contributed by atoms with Gasteiger partial charge in [-0.05, 0) is 36.8 Å². The first-order valence-electron chi connectivity index (χ1n) is 9.68. The van der Waals surface area contributed by atoms with Gasteiger partial charge in [-0.2, -0.15) is 0 Å². The van der Waals surface area contributed by atoms with E-state index < -0.39 is 5.82 Å². The maximum Gasteiger partial charge on any atom is 0.251 e. The number of carbonyl (C=O) groups excluding carboxylic acids is 1. The number of pyridine rings is 1. The fraction of sp³-hybridized carbons (Fsp3) is 0.250. The van der Waals surface area contributed by atoms with Gasteiger partial charge in [-0.3, -0.25) is 9.78 Å². The van der Waals surface area contributed by atoms with Crippen molar-refractivity contribution in [3.63, 3.8) is 0 Å². The highest BCUT2D eigenvalue weighted by atomic mass is 19.1. The summed E-state index contributed by atoms with van der Waals surface area (Å²) in [6.45, 7) is 2.48. The van der Waals surface area contributed by atoms with E-state index in [1.807, 2.05) is 19.1 Å². The largest absolute Gasteiger partial charge is 0.490 e. The fourth-order valence-electron chi connectivity index (χ4n) is 2.85. The van der Waals surface area contributed by atoms with E-state index in [1.165, 1.54) is 0 Å². The molecule has 0 unspecified atom stereocenters. The summed E-state index contributed by atoms with van der Waals surface area (Å²) >= 11 is 0. The Morgan fingerprint density at radius 2 is 2.07 bits per heavy atom. The van der Waals surface area contributed by atoms with Crippen LogP contribution in [0, 0.1) is 17.7 Å². The molecule has 0 saturated carbocycles. The van der Waals surface area contributed by atoms with Gasteiger partial charge in [-0.25, -0.2) is 4.39 Å². The lowest BCUT2D eigenvalue weighted by Crippen LogP contribution is -2.23. The Balaban J connectivity index is 1.58. The first kappa shape index (κ1) is 20.3. The Kier molecular flexibility index (Phi) is 7.18. The molecule has 0 aliphatic heterocycles. The predicted molar refractivity (Wildman–Crippen MR) is 112 cm³/mol. The molecule has 0 spiro atoms. The summed E-state index contributed by atoms with van der Waals surface area (Å²) in [5, 5.41) is 3.65. The number of amides is 1. The standard InChI is InChI=1S/C24H23FN2O2/c1-2-3-4-5-6-15-29-22-11-7-9-20(23(22)25)17-27-24(28)19-12-13-21-18(16-19)10-8-14-26-21/h7-14,16H,2,5-6,15,17H2,1H3,(H,27,28). The predicted octanol–water partition coefficient (Wildman–Crippen LogP) is 4.88. The van der Waals surface area contributed by atoms with Gasteiger partial charge >= 0.3 is 0 Å². The number of carbonyl (C=O) groups is 1. The van der Waals surface area contributed by atoms with Crippen LogP contribution in [0.15, 0.2) is 54.7 Å². The zero-order valence-corrected chi connectivity index (χ0v) is 16.4. The minimum atomic E-state index is -0.449. The summed E-state index contributed by atoms with van der Waals surface area (Å²) in [7, 11) is 0. The third-order valence-corrected chi connectivity index (χ3v) is 4.35. The van der Waals surface area contributed by atoms with Crippen molar-refractivity contribution in [2.75, 3.05) is 6.61 Å². The molecule has 1 heterocycles. The lowest BCUT2D eigenvalue weighted by Gasteiger charge is -2.11. The lowest BCUT2D eigenvalue weighted by molar-refractivity contribution is 0.0950. The second-order valence-electron chi connectivity index (χ2n) is 6.48. The smallest absolute Gasteiger partial charge is 0.251 e. The van der Waals surface area contributed by atoms with Gasteiger partial charge in [0.25, 0.3) is 5.91 Å². The number of unbranched alkanes of at least 4 members (excludes halogenated alkanes) is 1. The molecular formula is C24H23FN2O2. The minimum absolute atomic E-state index is 0.0783. The number of halogens is 1. The van der Waals surface area contributed by atoms with Crippen molar-refractivity contribution in [2.24, 2.45) is 0 Å². The first-order valence-corrected chi connectivity index (χ1v) is 9.68. The average Bonchev–Trinajstić information content (AvgIpc) is 2.75. The second kappa shape index (κ2) is 10.2. The molecule has 0 fully saturated rings. The maximum absolute atomic E-state index is 14.7. The van der Waals surface area contributed by atoms with Crippen LogP contribution in [-0.4, -0.2) is 17.5 Å². The van der Waals surface area contributed by atoms with Crippen LogP contribution in [0.25, 0.3) is 10.9 Å². The molecule has 1 aromatic heterocycles. The van der Waals surface area contributed by atoms with Crippen LogP contribution in [0.4, 0.5) is 4.39 Å². The number of aromatic nitrogens is 1. The highest BCUT2D eigenvalue weighted by molar-refractivity contribution is 5.97. The van der Waals surface area contributed by atoms with E-state index in [0.717, 1.165) is 30.2 Å². The number of nitrogens with one attached hydrogen (secondary N) is 1. The normalized spacial score (nSPS) is 10.3. The quantitative estimate of drug-likeness (QED) is 0.462. The van der Waals surface area contributed by atoms with Crippen molar-refractivity contribution in [3.05, 3.63) is 71.7 Å². The summed E-state index contributed by atoms with van der Waals surface area (Å²) in [6.07, 6.45) is 4.01. The zero-order valence-electron chi connectivity index (χ0n) is 16.4. The molecule has 3 aromatic rings. The van der Waals surface area contributed by atoms with Crippen LogP contribution < -0.4 is 10.1 Å². The van der Waals surface area contributed by atoms with E-state index in [2.05, 4.69) is 22.1 Å². The average molecular weight is 390 g/mol. The number of hydrogen-bond acceptors (Lipinski definition) is 3. The Labute approximate surface area is 170 Å². The molecule has 5 heteroatoms. The summed E-state index contributed by atoms with van der Waals surface area (Å²) in [5.74, 6) is 5.50. The van der Waals surface area contributed by atoms with Gasteiger partial charge in [0.05, 0.1) is 12.1 Å². The molecule has 29 heavy (non-hydrogen) atoms. The molecule has 0 aliphatic rings. The van der Waals surface area contributed by atoms with Crippen LogP contribution in [0.1, 0.15) is 42.1 Å². The molecule has 0 aliphatic carbocycles. The molecule has 3 rings (SSSR count). The summed E-state index contributed by atoms with van der Waals surface area (Å²) < 4.78 is 20.2. The van der Waals surface area contributed by atoms with Gasteiger partial charge in [0, 0.05) is 42.1 Å². The van der Waals surface area contributed by atoms with E-state index >= 15 is 0 Å². The third kappa shape index (κ3) is 5.55. The molecule has 2 aromatic carbocycles. The summed E-state index contributed by atoms with van der Waals surface area (Å²) in [6, 6.07) is 13.9. The molecule has 0 radical (unpaired) electrons. The van der Waals surface area contributed by atoms with E-state index in [1.54, 1.807) is 42.6 Å². The molecule has 1 amide bonds. The molecule has 0 atom stereocenters. The minimum Gasteiger partial charge on any atom is -0.490 e. The van der Waals surface area contributed by atoms with Crippen molar-refractivity contribution >= 4 is 16.8 Å². The van der Waals surface area contributed by atoms with E-state index in [0.29, 0.717) is 17.7 Å². The number of benzene rings is 2. The van der Waals surface area contributed by atoms with Crippen LogP contribution in [0.3, 0.4) is 0 Å². The summed E-state index contributed by atoms with van der Waals surface area (Å²) in [5.41, 5.74) is 1.70. The molecule has 0 bridgehead atoms. The van der Waals surface area contributed by atoms with Crippen molar-refractivity contribution in [1.82, 2.24) is 10.3 Å². The van der Waals surface area contributed by atoms with Crippen LogP contribution in [0.5, 0.6) is 5.75 Å². The van der Waals surface area contributed by atoms with Gasteiger partial charge in [0.15, 0.2) is 11.6 Å². The van der Waals surface area contributed by atoms with Crippen molar-refractivity contribution in [3.8, 4) is 17.6 Å². The molecule has 0 saturated heterocycles. The van der Waals surface area contributed by atoms with Crippen molar-refractivity contribution in [2.45, 2.75) is 32.7 Å². The monoisotopic (exact) mass is 390 g/mol. The molecule has 4 nitrogen and oxygen atoms in total.